The molecule has 0 radical (unpaired) electrons. The van der Waals surface area contributed by atoms with Crippen LogP contribution in [0.5, 0.6) is 0 Å². The zero-order valence-corrected chi connectivity index (χ0v) is 59.0. The Hall–Kier alpha value is -1.94. The first-order valence-corrected chi connectivity index (χ1v) is 38.8. The maximum atomic E-state index is 13.0. The van der Waals surface area contributed by atoms with E-state index in [1.807, 2.05) is 0 Å². The van der Waals surface area contributed by atoms with Crippen LogP contribution in [0.25, 0.3) is 0 Å². The molecule has 0 amide bonds. The van der Waals surface area contributed by atoms with Crippen molar-refractivity contribution in [3.05, 3.63) is 0 Å². The standard InChI is InChI=1S/C69H134O17P2/c1-8-9-10-11-12-13-14-19-22-29-36-43-50-66(71)79-56-64(85-68(73)52-45-38-30-23-20-17-15-16-18-21-26-33-40-47-60(2)3)58-83-87(75,76)81-54-63(70)55-82-88(77,78)84-59-65(86-69(74)53-46-39-32-25-28-35-42-49-62(6)7)57-80-67(72)51-44-37-31-24-27-34-41-48-61(4)5/h60-65,70H,8-59H2,1-7H3,(H,75,76)(H,77,78)/t63-,64-,65-/m1/s1. The lowest BCUT2D eigenvalue weighted by Crippen LogP contribution is -2.30. The summed E-state index contributed by atoms with van der Waals surface area (Å²) in [5, 5.41) is 10.6. The quantitative estimate of drug-likeness (QED) is 0.0222. The Morgan fingerprint density at radius 3 is 0.773 bits per heavy atom. The number of aliphatic hydroxyl groups excluding tert-OH is 1. The van der Waals surface area contributed by atoms with Gasteiger partial charge in [-0.05, 0) is 43.4 Å². The monoisotopic (exact) mass is 1300 g/mol. The van der Waals surface area contributed by atoms with E-state index in [0.29, 0.717) is 37.5 Å². The predicted molar refractivity (Wildman–Crippen MR) is 354 cm³/mol. The third-order valence-corrected chi connectivity index (χ3v) is 17.8. The molecule has 2 unspecified atom stereocenters. The molecule has 0 spiro atoms. The van der Waals surface area contributed by atoms with Gasteiger partial charge < -0.3 is 33.8 Å². The minimum atomic E-state index is -4.95. The normalized spacial score (nSPS) is 14.2. The smallest absolute Gasteiger partial charge is 0.462 e. The number of carbonyl (C=O) groups is 4. The zero-order valence-electron chi connectivity index (χ0n) is 57.2. The number of hydrogen-bond acceptors (Lipinski definition) is 15. The SMILES string of the molecule is CCCCCCCCCCCCCCC(=O)OC[C@H](COP(=O)(O)OC[C@@H](O)COP(=O)(O)OC[C@@H](COC(=O)CCCCCCCCCC(C)C)OC(=O)CCCCCCCCCC(C)C)OC(=O)CCCCCCCCCCCCCCCC(C)C. The Morgan fingerprint density at radius 1 is 0.307 bits per heavy atom. The van der Waals surface area contributed by atoms with Crippen LogP contribution in [0.15, 0.2) is 0 Å². The van der Waals surface area contributed by atoms with Crippen molar-refractivity contribution in [3.63, 3.8) is 0 Å². The van der Waals surface area contributed by atoms with Crippen LogP contribution in [0.1, 0.15) is 344 Å². The topological polar surface area (TPSA) is 237 Å². The largest absolute Gasteiger partial charge is 0.472 e. The molecule has 17 nitrogen and oxygen atoms in total. The summed E-state index contributed by atoms with van der Waals surface area (Å²) < 4.78 is 68.2. The molecular weight excluding hydrogens is 1160 g/mol. The van der Waals surface area contributed by atoms with E-state index in [2.05, 4.69) is 48.5 Å². The Bertz CT molecular complexity index is 1730. The molecule has 0 heterocycles. The van der Waals surface area contributed by atoms with Crippen molar-refractivity contribution in [2.24, 2.45) is 17.8 Å². The average Bonchev–Trinajstić information content (AvgIpc) is 3.42. The molecule has 0 bridgehead atoms. The van der Waals surface area contributed by atoms with Crippen LogP contribution in [0.2, 0.25) is 0 Å². The van der Waals surface area contributed by atoms with Crippen molar-refractivity contribution in [3.8, 4) is 0 Å². The van der Waals surface area contributed by atoms with Crippen molar-refractivity contribution in [1.82, 2.24) is 0 Å². The van der Waals surface area contributed by atoms with Gasteiger partial charge in [-0.15, -0.1) is 0 Å². The van der Waals surface area contributed by atoms with E-state index in [4.69, 9.17) is 37.0 Å². The van der Waals surface area contributed by atoms with E-state index in [-0.39, 0.29) is 25.7 Å². The van der Waals surface area contributed by atoms with Gasteiger partial charge in [0.25, 0.3) is 0 Å². The second-order valence-corrected chi connectivity index (χ2v) is 29.3. The van der Waals surface area contributed by atoms with Gasteiger partial charge in [0.05, 0.1) is 26.4 Å². The number of phosphoric acid groups is 2. The van der Waals surface area contributed by atoms with Crippen molar-refractivity contribution in [2.45, 2.75) is 362 Å². The van der Waals surface area contributed by atoms with Gasteiger partial charge in [0, 0.05) is 25.7 Å². The van der Waals surface area contributed by atoms with Crippen molar-refractivity contribution in [1.29, 1.82) is 0 Å². The first-order valence-electron chi connectivity index (χ1n) is 35.8. The lowest BCUT2D eigenvalue weighted by atomic mass is 10.0. The molecule has 88 heavy (non-hydrogen) atoms. The predicted octanol–water partition coefficient (Wildman–Crippen LogP) is 19.5. The lowest BCUT2D eigenvalue weighted by Gasteiger charge is -2.21. The number of aliphatic hydroxyl groups is 1. The van der Waals surface area contributed by atoms with E-state index in [0.717, 1.165) is 102 Å². The molecule has 0 aromatic carbocycles. The van der Waals surface area contributed by atoms with Crippen LogP contribution in [0.3, 0.4) is 0 Å². The van der Waals surface area contributed by atoms with E-state index < -0.39 is 97.5 Å². The average molecular weight is 1300 g/mol. The third-order valence-electron chi connectivity index (χ3n) is 15.9. The Kier molecular flexibility index (Phi) is 58.7. The maximum absolute atomic E-state index is 13.0. The van der Waals surface area contributed by atoms with E-state index in [9.17, 15) is 43.2 Å². The fourth-order valence-corrected chi connectivity index (χ4v) is 11.9. The summed E-state index contributed by atoms with van der Waals surface area (Å²) in [6, 6.07) is 0. The number of esters is 4. The highest BCUT2D eigenvalue weighted by Gasteiger charge is 2.30. The van der Waals surface area contributed by atoms with Crippen LogP contribution in [-0.2, 0) is 65.4 Å². The summed E-state index contributed by atoms with van der Waals surface area (Å²) >= 11 is 0. The summed E-state index contributed by atoms with van der Waals surface area (Å²) in [6.45, 7) is 11.7. The second-order valence-electron chi connectivity index (χ2n) is 26.3. The summed E-state index contributed by atoms with van der Waals surface area (Å²) in [6.07, 6.45) is 43.2. The van der Waals surface area contributed by atoms with Crippen LogP contribution in [0, 0.1) is 17.8 Å². The maximum Gasteiger partial charge on any atom is 0.472 e. The molecule has 0 saturated heterocycles. The molecule has 0 aliphatic carbocycles. The number of phosphoric ester groups is 2. The Balaban J connectivity index is 5.24. The molecule has 522 valence electrons. The van der Waals surface area contributed by atoms with Crippen LogP contribution < -0.4 is 0 Å². The molecule has 0 aromatic rings. The summed E-state index contributed by atoms with van der Waals surface area (Å²) in [7, 11) is -9.90. The summed E-state index contributed by atoms with van der Waals surface area (Å²) in [5.41, 5.74) is 0. The fraction of sp³-hybridized carbons (Fsp3) is 0.942. The van der Waals surface area contributed by atoms with Gasteiger partial charge in [0.1, 0.15) is 19.3 Å². The Labute approximate surface area is 537 Å². The minimum Gasteiger partial charge on any atom is -0.462 e. The molecule has 5 atom stereocenters. The molecule has 0 aromatic heterocycles. The summed E-state index contributed by atoms with van der Waals surface area (Å²) in [5.74, 6) is 0.0575. The van der Waals surface area contributed by atoms with Gasteiger partial charge in [-0.2, -0.15) is 0 Å². The highest BCUT2D eigenvalue weighted by Crippen LogP contribution is 2.45. The van der Waals surface area contributed by atoms with Gasteiger partial charge >= 0.3 is 39.5 Å². The van der Waals surface area contributed by atoms with Gasteiger partial charge in [-0.1, -0.05) is 292 Å². The van der Waals surface area contributed by atoms with E-state index in [1.54, 1.807) is 0 Å². The van der Waals surface area contributed by atoms with Crippen LogP contribution in [0.4, 0.5) is 0 Å². The van der Waals surface area contributed by atoms with Crippen LogP contribution in [-0.4, -0.2) is 96.7 Å². The molecule has 0 aliphatic rings. The first-order chi connectivity index (χ1) is 42.2. The van der Waals surface area contributed by atoms with Crippen LogP contribution >= 0.6 is 15.6 Å². The van der Waals surface area contributed by atoms with Gasteiger partial charge in [-0.3, -0.25) is 37.3 Å². The van der Waals surface area contributed by atoms with Gasteiger partial charge in [0.2, 0.25) is 0 Å². The van der Waals surface area contributed by atoms with Gasteiger partial charge in [-0.25, -0.2) is 9.13 Å². The van der Waals surface area contributed by atoms with Crippen molar-refractivity contribution in [2.75, 3.05) is 39.6 Å². The van der Waals surface area contributed by atoms with Crippen molar-refractivity contribution < 1.29 is 80.2 Å². The number of rotatable bonds is 67. The van der Waals surface area contributed by atoms with Crippen molar-refractivity contribution >= 4 is 39.5 Å². The summed E-state index contributed by atoms with van der Waals surface area (Å²) in [4.78, 5) is 72.4. The molecule has 19 heteroatoms. The number of hydrogen-bond donors (Lipinski definition) is 3. The van der Waals surface area contributed by atoms with Gasteiger partial charge in [0.15, 0.2) is 12.2 Å². The second kappa shape index (κ2) is 60.0. The highest BCUT2D eigenvalue weighted by atomic mass is 31.2. The molecule has 0 rings (SSSR count). The number of unbranched alkanes of at least 4 members (excludes halogenated alkanes) is 35. The molecule has 3 N–H and O–H groups in total. The minimum absolute atomic E-state index is 0.102. The molecular formula is C69H134O17P2. The lowest BCUT2D eigenvalue weighted by molar-refractivity contribution is -0.161. The first kappa shape index (κ1) is 86.1. The number of carbonyl (C=O) groups excluding carboxylic acids is 4. The zero-order chi connectivity index (χ0) is 65.2. The van der Waals surface area contributed by atoms with E-state index in [1.165, 1.54) is 148 Å². The third kappa shape index (κ3) is 62.8. The highest BCUT2D eigenvalue weighted by molar-refractivity contribution is 7.47. The fourth-order valence-electron chi connectivity index (χ4n) is 10.4. The number of ether oxygens (including phenoxy) is 4. The Morgan fingerprint density at radius 2 is 0.523 bits per heavy atom. The molecule has 0 saturated carbocycles. The molecule has 0 aliphatic heterocycles. The van der Waals surface area contributed by atoms with E-state index >= 15 is 0 Å². The molecule has 0 fully saturated rings.